The zero-order valence-electron chi connectivity index (χ0n) is 15.8. The summed E-state index contributed by atoms with van der Waals surface area (Å²) in [6.07, 6.45) is 1.04. The molecule has 2 aliphatic rings. The third-order valence-corrected chi connectivity index (χ3v) is 6.54. The Hall–Kier alpha value is -2.23. The van der Waals surface area contributed by atoms with Crippen molar-refractivity contribution in [1.29, 1.82) is 0 Å². The molecule has 6 nitrogen and oxygen atoms in total. The highest BCUT2D eigenvalue weighted by molar-refractivity contribution is 8.13. The van der Waals surface area contributed by atoms with Crippen molar-refractivity contribution in [1.82, 2.24) is 4.98 Å². The fourth-order valence-corrected chi connectivity index (χ4v) is 5.13. The standard InChI is InChI=1S/C20H19ClF2N4O2S/c21-11-1-4-16(25-9-11)18(28)26-12-2-3-15(23)13(7-12)20-5-6-29-17(8-22)14(20)10-30-19(24)27-20/h1-4,7,9,14,17H,5-6,8,10H2,(H2,24,27)(H,26,28). The van der Waals surface area contributed by atoms with Crippen molar-refractivity contribution in [2.24, 2.45) is 16.6 Å². The Balaban J connectivity index is 1.70. The van der Waals surface area contributed by atoms with Crippen molar-refractivity contribution in [3.8, 4) is 0 Å². The molecule has 30 heavy (non-hydrogen) atoms. The van der Waals surface area contributed by atoms with Crippen LogP contribution in [0.25, 0.3) is 0 Å². The minimum absolute atomic E-state index is 0.168. The highest BCUT2D eigenvalue weighted by Crippen LogP contribution is 2.48. The Labute approximate surface area is 181 Å². The molecule has 3 heterocycles. The summed E-state index contributed by atoms with van der Waals surface area (Å²) in [6.45, 7) is -0.458. The number of pyridine rings is 1. The summed E-state index contributed by atoms with van der Waals surface area (Å²) in [5.74, 6) is -0.874. The third-order valence-electron chi connectivity index (χ3n) is 5.40. The third kappa shape index (κ3) is 3.89. The predicted molar refractivity (Wildman–Crippen MR) is 113 cm³/mol. The molecule has 1 saturated heterocycles. The van der Waals surface area contributed by atoms with Gasteiger partial charge in [-0.3, -0.25) is 9.79 Å². The number of anilines is 1. The molecule has 4 rings (SSSR count). The van der Waals surface area contributed by atoms with Gasteiger partial charge in [-0.25, -0.2) is 13.8 Å². The van der Waals surface area contributed by atoms with Crippen LogP contribution >= 0.6 is 23.4 Å². The van der Waals surface area contributed by atoms with Crippen LogP contribution in [-0.4, -0.2) is 41.2 Å². The number of thioether (sulfide) groups is 1. The summed E-state index contributed by atoms with van der Waals surface area (Å²) in [4.78, 5) is 21.1. The Bertz CT molecular complexity index is 991. The lowest BCUT2D eigenvalue weighted by molar-refractivity contribution is -0.0714. The molecule has 0 spiro atoms. The van der Waals surface area contributed by atoms with Crippen LogP contribution in [0.15, 0.2) is 41.5 Å². The summed E-state index contributed by atoms with van der Waals surface area (Å²) in [6, 6.07) is 7.29. The normalized spacial score (nSPS) is 25.9. The lowest BCUT2D eigenvalue weighted by atomic mass is 9.72. The number of aromatic nitrogens is 1. The maximum Gasteiger partial charge on any atom is 0.274 e. The molecular formula is C20H19ClF2N4O2S. The van der Waals surface area contributed by atoms with Crippen LogP contribution in [0.5, 0.6) is 0 Å². The van der Waals surface area contributed by atoms with Crippen molar-refractivity contribution in [2.75, 3.05) is 24.4 Å². The first kappa shape index (κ1) is 21.0. The molecule has 158 valence electrons. The van der Waals surface area contributed by atoms with Gasteiger partial charge in [0.25, 0.3) is 5.91 Å². The minimum atomic E-state index is -1.05. The molecule has 3 unspecified atom stereocenters. The SMILES string of the molecule is NC1=NC2(c3cc(NC(=O)c4ccc(Cl)cn4)ccc3F)CCOC(CF)C2CS1. The van der Waals surface area contributed by atoms with E-state index >= 15 is 0 Å². The number of amides is 1. The molecule has 2 aromatic rings. The van der Waals surface area contributed by atoms with Gasteiger partial charge in [-0.15, -0.1) is 0 Å². The Morgan fingerprint density at radius 1 is 1.40 bits per heavy atom. The molecular weight excluding hydrogens is 434 g/mol. The maximum absolute atomic E-state index is 15.0. The first-order valence-corrected chi connectivity index (χ1v) is 10.7. The number of carbonyl (C=O) groups is 1. The number of halogens is 3. The number of alkyl halides is 1. The number of nitrogens with zero attached hydrogens (tertiary/aromatic N) is 2. The van der Waals surface area contributed by atoms with Gasteiger partial charge in [-0.2, -0.15) is 0 Å². The average molecular weight is 453 g/mol. The van der Waals surface area contributed by atoms with Crippen LogP contribution in [0.1, 0.15) is 22.5 Å². The van der Waals surface area contributed by atoms with Gasteiger partial charge >= 0.3 is 0 Å². The van der Waals surface area contributed by atoms with E-state index in [1.165, 1.54) is 42.2 Å². The number of ether oxygens (including phenoxy) is 1. The van der Waals surface area contributed by atoms with E-state index in [1.54, 1.807) is 6.07 Å². The topological polar surface area (TPSA) is 89.6 Å². The first-order valence-electron chi connectivity index (χ1n) is 9.31. The molecule has 0 saturated carbocycles. The Kier molecular flexibility index (Phi) is 5.95. The highest BCUT2D eigenvalue weighted by atomic mass is 35.5. The van der Waals surface area contributed by atoms with E-state index in [-0.39, 0.29) is 23.8 Å². The van der Waals surface area contributed by atoms with Gasteiger partial charge < -0.3 is 15.8 Å². The molecule has 2 aliphatic heterocycles. The number of hydrogen-bond donors (Lipinski definition) is 2. The van der Waals surface area contributed by atoms with E-state index in [9.17, 15) is 13.6 Å². The van der Waals surface area contributed by atoms with Crippen LogP contribution in [-0.2, 0) is 10.3 Å². The zero-order chi connectivity index (χ0) is 21.3. The Morgan fingerprint density at radius 3 is 2.97 bits per heavy atom. The first-order chi connectivity index (χ1) is 14.4. The number of rotatable bonds is 4. The molecule has 0 bridgehead atoms. The van der Waals surface area contributed by atoms with E-state index < -0.39 is 30.0 Å². The average Bonchev–Trinajstić information content (AvgIpc) is 2.74. The van der Waals surface area contributed by atoms with Crippen LogP contribution in [0.4, 0.5) is 14.5 Å². The zero-order valence-corrected chi connectivity index (χ0v) is 17.4. The fraction of sp³-hybridized carbons (Fsp3) is 0.350. The number of aliphatic imine (C=N–C) groups is 1. The smallest absolute Gasteiger partial charge is 0.274 e. The second kappa shape index (κ2) is 8.49. The molecule has 10 heteroatoms. The molecule has 3 N–H and O–H groups in total. The number of amidine groups is 1. The van der Waals surface area contributed by atoms with Crippen LogP contribution in [0.2, 0.25) is 5.02 Å². The van der Waals surface area contributed by atoms with Gasteiger partial charge in [-0.05, 0) is 30.3 Å². The largest absolute Gasteiger partial charge is 0.379 e. The van der Waals surface area contributed by atoms with Gasteiger partial charge in [0, 0.05) is 42.1 Å². The van der Waals surface area contributed by atoms with Crippen LogP contribution < -0.4 is 11.1 Å². The van der Waals surface area contributed by atoms with Crippen molar-refractivity contribution in [3.63, 3.8) is 0 Å². The number of fused-ring (bicyclic) bond motifs is 1. The maximum atomic E-state index is 15.0. The number of benzene rings is 1. The van der Waals surface area contributed by atoms with Gasteiger partial charge in [0.15, 0.2) is 5.17 Å². The fourth-order valence-electron chi connectivity index (χ4n) is 3.95. The highest BCUT2D eigenvalue weighted by Gasteiger charge is 2.51. The minimum Gasteiger partial charge on any atom is -0.379 e. The Morgan fingerprint density at radius 2 is 2.23 bits per heavy atom. The quantitative estimate of drug-likeness (QED) is 0.737. The van der Waals surface area contributed by atoms with E-state index in [1.807, 2.05) is 0 Å². The van der Waals surface area contributed by atoms with Crippen molar-refractivity contribution in [2.45, 2.75) is 18.1 Å². The predicted octanol–water partition coefficient (Wildman–Crippen LogP) is 3.76. The molecule has 1 aromatic heterocycles. The van der Waals surface area contributed by atoms with E-state index in [0.29, 0.717) is 28.1 Å². The lowest BCUT2D eigenvalue weighted by Crippen LogP contribution is -2.52. The molecule has 0 aliphatic carbocycles. The second-order valence-corrected chi connectivity index (χ2v) is 8.59. The van der Waals surface area contributed by atoms with Crippen molar-refractivity contribution in [3.05, 3.63) is 58.6 Å². The summed E-state index contributed by atoms with van der Waals surface area (Å²) in [5.41, 5.74) is 5.73. The number of nitrogens with one attached hydrogen (secondary N) is 1. The van der Waals surface area contributed by atoms with E-state index in [2.05, 4.69) is 15.3 Å². The molecule has 3 atom stereocenters. The summed E-state index contributed by atoms with van der Waals surface area (Å²) < 4.78 is 34.2. The van der Waals surface area contributed by atoms with Gasteiger partial charge in [-0.1, -0.05) is 23.4 Å². The summed E-state index contributed by atoms with van der Waals surface area (Å²) >= 11 is 7.11. The number of carbonyl (C=O) groups excluding carboxylic acids is 1. The van der Waals surface area contributed by atoms with Gasteiger partial charge in [0.2, 0.25) is 0 Å². The van der Waals surface area contributed by atoms with Crippen molar-refractivity contribution >= 4 is 40.1 Å². The molecule has 1 fully saturated rings. The van der Waals surface area contributed by atoms with Gasteiger partial charge in [0.1, 0.15) is 18.2 Å². The molecule has 1 amide bonds. The lowest BCUT2D eigenvalue weighted by Gasteiger charge is -2.47. The van der Waals surface area contributed by atoms with E-state index in [0.717, 1.165) is 0 Å². The summed E-state index contributed by atoms with van der Waals surface area (Å²) in [5, 5.41) is 3.45. The second-order valence-electron chi connectivity index (χ2n) is 7.12. The van der Waals surface area contributed by atoms with Crippen LogP contribution in [0.3, 0.4) is 0 Å². The molecule has 0 radical (unpaired) electrons. The monoisotopic (exact) mass is 452 g/mol. The van der Waals surface area contributed by atoms with Gasteiger partial charge in [0.05, 0.1) is 16.7 Å². The van der Waals surface area contributed by atoms with Crippen LogP contribution in [0, 0.1) is 11.7 Å². The van der Waals surface area contributed by atoms with E-state index in [4.69, 9.17) is 22.1 Å². The number of hydrogen-bond acceptors (Lipinski definition) is 6. The number of nitrogens with two attached hydrogens (primary N) is 1. The van der Waals surface area contributed by atoms with Crippen molar-refractivity contribution < 1.29 is 18.3 Å². The summed E-state index contributed by atoms with van der Waals surface area (Å²) in [7, 11) is 0. The molecule has 1 aromatic carbocycles.